The molecule has 210 valence electrons. The van der Waals surface area contributed by atoms with Gasteiger partial charge in [-0.05, 0) is 48.0 Å². The minimum atomic E-state index is -0.456. The van der Waals surface area contributed by atoms with Gasteiger partial charge in [0.15, 0.2) is 0 Å². The highest BCUT2D eigenvalue weighted by molar-refractivity contribution is 6.07. The van der Waals surface area contributed by atoms with Crippen molar-refractivity contribution in [1.82, 2.24) is 20.3 Å². The third kappa shape index (κ3) is 7.93. The van der Waals surface area contributed by atoms with Gasteiger partial charge >= 0.3 is 0 Å². The molecule has 1 aromatic carbocycles. The third-order valence-electron chi connectivity index (χ3n) is 5.96. The van der Waals surface area contributed by atoms with Crippen molar-refractivity contribution in [2.45, 2.75) is 6.42 Å². The molecule has 3 aromatic heterocycles. The molecule has 0 aliphatic rings. The van der Waals surface area contributed by atoms with Gasteiger partial charge in [-0.3, -0.25) is 24.8 Å². The molecule has 12 heteroatoms. The zero-order valence-electron chi connectivity index (χ0n) is 22.6. The van der Waals surface area contributed by atoms with Gasteiger partial charge in [-0.15, -0.1) is 0 Å². The van der Waals surface area contributed by atoms with E-state index in [0.29, 0.717) is 22.6 Å². The number of aromatic nitrogens is 3. The zero-order chi connectivity index (χ0) is 29.4. The first kappa shape index (κ1) is 28.4. The van der Waals surface area contributed by atoms with Crippen LogP contribution in [0.1, 0.15) is 49.0 Å². The van der Waals surface area contributed by atoms with Gasteiger partial charge < -0.3 is 36.6 Å². The molecular formula is C29H31N9O3. The Balaban J connectivity index is 1.29. The largest absolute Gasteiger partial charge is 0.388 e. The summed E-state index contributed by atoms with van der Waals surface area (Å²) in [6, 6.07) is 14.5. The highest BCUT2D eigenvalue weighted by Gasteiger charge is 2.14. The van der Waals surface area contributed by atoms with Crippen molar-refractivity contribution in [2.75, 3.05) is 36.2 Å². The number of anilines is 3. The minimum absolute atomic E-state index is 0.0215. The van der Waals surface area contributed by atoms with E-state index in [1.54, 1.807) is 12.1 Å². The monoisotopic (exact) mass is 553 g/mol. The number of H-pyrrole nitrogens is 2. The van der Waals surface area contributed by atoms with Crippen molar-refractivity contribution in [2.24, 2.45) is 5.73 Å². The minimum Gasteiger partial charge on any atom is -0.388 e. The van der Waals surface area contributed by atoms with Crippen LogP contribution in [0.15, 0.2) is 67.1 Å². The van der Waals surface area contributed by atoms with E-state index in [-0.39, 0.29) is 42.0 Å². The molecule has 41 heavy (non-hydrogen) atoms. The second-order valence-electron chi connectivity index (χ2n) is 9.33. The van der Waals surface area contributed by atoms with Crippen LogP contribution < -0.4 is 26.6 Å². The van der Waals surface area contributed by atoms with E-state index in [2.05, 4.69) is 30.9 Å². The van der Waals surface area contributed by atoms with E-state index in [0.717, 1.165) is 11.3 Å². The lowest BCUT2D eigenvalue weighted by Gasteiger charge is -2.11. The van der Waals surface area contributed by atoms with Gasteiger partial charge in [0, 0.05) is 51.3 Å². The number of rotatable bonds is 11. The SMILES string of the molecule is CN(C)c1ccc(/C=C/c2ccc(C(=O)Nc3c[nH]c(C(=O)Nc4c[nH]c(C(=O)NCCC(=N)N)c4)c3)cn2)cc1. The molecule has 0 aliphatic carbocycles. The molecule has 4 aromatic rings. The van der Waals surface area contributed by atoms with E-state index in [1.165, 1.54) is 30.7 Å². The fourth-order valence-corrected chi connectivity index (χ4v) is 3.71. The molecule has 0 spiro atoms. The summed E-state index contributed by atoms with van der Waals surface area (Å²) in [6.07, 6.45) is 8.55. The molecule has 0 unspecified atom stereocenters. The third-order valence-corrected chi connectivity index (χ3v) is 5.96. The van der Waals surface area contributed by atoms with Gasteiger partial charge in [0.25, 0.3) is 17.7 Å². The van der Waals surface area contributed by atoms with Crippen molar-refractivity contribution in [3.05, 3.63) is 95.3 Å². The average Bonchev–Trinajstić information content (AvgIpc) is 3.62. The number of nitrogens with two attached hydrogens (primary N) is 1. The number of nitrogens with zero attached hydrogens (tertiary/aromatic N) is 2. The summed E-state index contributed by atoms with van der Waals surface area (Å²) in [5.41, 5.74) is 9.76. The Morgan fingerprint density at radius 3 is 2.12 bits per heavy atom. The lowest BCUT2D eigenvalue weighted by atomic mass is 10.1. The van der Waals surface area contributed by atoms with Crippen LogP contribution in [0.3, 0.4) is 0 Å². The average molecular weight is 554 g/mol. The topological polar surface area (TPSA) is 185 Å². The van der Waals surface area contributed by atoms with E-state index in [4.69, 9.17) is 11.1 Å². The molecular weight excluding hydrogens is 522 g/mol. The molecule has 3 amide bonds. The van der Waals surface area contributed by atoms with Crippen LogP contribution in [0, 0.1) is 5.41 Å². The number of amidine groups is 1. The molecule has 0 saturated carbocycles. The summed E-state index contributed by atoms with van der Waals surface area (Å²) in [7, 11) is 3.98. The van der Waals surface area contributed by atoms with Crippen LogP contribution in [0.2, 0.25) is 0 Å². The number of amides is 3. The number of hydrogen-bond acceptors (Lipinski definition) is 6. The van der Waals surface area contributed by atoms with Crippen LogP contribution in [0.4, 0.5) is 17.1 Å². The van der Waals surface area contributed by atoms with E-state index >= 15 is 0 Å². The molecule has 3 heterocycles. The zero-order valence-corrected chi connectivity index (χ0v) is 22.6. The van der Waals surface area contributed by atoms with Crippen molar-refractivity contribution in [3.63, 3.8) is 0 Å². The number of pyridine rings is 1. The lowest BCUT2D eigenvalue weighted by molar-refractivity contribution is 0.0948. The Bertz CT molecular complexity index is 1570. The molecule has 0 bridgehead atoms. The fourth-order valence-electron chi connectivity index (χ4n) is 3.71. The second-order valence-corrected chi connectivity index (χ2v) is 9.33. The maximum absolute atomic E-state index is 12.7. The first-order valence-electron chi connectivity index (χ1n) is 12.7. The number of aromatic amines is 2. The molecule has 12 nitrogen and oxygen atoms in total. The normalized spacial score (nSPS) is 10.8. The Morgan fingerprint density at radius 1 is 0.902 bits per heavy atom. The summed E-state index contributed by atoms with van der Waals surface area (Å²) in [5, 5.41) is 15.2. The Kier molecular flexibility index (Phi) is 8.95. The fraction of sp³-hybridized carbons (Fsp3) is 0.138. The maximum atomic E-state index is 12.7. The van der Waals surface area contributed by atoms with Crippen LogP contribution >= 0.6 is 0 Å². The first-order valence-corrected chi connectivity index (χ1v) is 12.7. The summed E-state index contributed by atoms with van der Waals surface area (Å²) >= 11 is 0. The molecule has 0 atom stereocenters. The van der Waals surface area contributed by atoms with E-state index < -0.39 is 5.91 Å². The number of nitrogens with one attached hydrogen (secondary N) is 6. The Morgan fingerprint density at radius 2 is 1.54 bits per heavy atom. The predicted octanol–water partition coefficient (Wildman–Crippen LogP) is 3.53. The van der Waals surface area contributed by atoms with Crippen LogP contribution in [0.25, 0.3) is 12.2 Å². The van der Waals surface area contributed by atoms with Crippen molar-refractivity contribution >= 4 is 52.8 Å². The predicted molar refractivity (Wildman–Crippen MR) is 160 cm³/mol. The standard InChI is InChI=1S/C29H31N9O3/c1-38(2)23-9-4-18(5-10-23)3-7-20-8-6-19(15-33-20)27(39)36-21-14-25(35-16-21)29(41)37-22-13-24(34-17-22)28(40)32-12-11-26(30)31/h3-10,13-17,34-35H,11-12H2,1-2H3,(H3,30,31)(H,32,40)(H,36,39)(H,37,41)/b7-3+. The maximum Gasteiger partial charge on any atom is 0.272 e. The van der Waals surface area contributed by atoms with Gasteiger partial charge in [0.1, 0.15) is 11.4 Å². The lowest BCUT2D eigenvalue weighted by Crippen LogP contribution is -2.27. The van der Waals surface area contributed by atoms with E-state index in [9.17, 15) is 14.4 Å². The molecule has 0 aliphatic heterocycles. The number of carbonyl (C=O) groups excluding carboxylic acids is 3. The Labute approximate surface area is 236 Å². The van der Waals surface area contributed by atoms with Crippen LogP contribution in [-0.4, -0.2) is 59.1 Å². The van der Waals surface area contributed by atoms with Crippen molar-refractivity contribution in [3.8, 4) is 0 Å². The molecule has 0 fully saturated rings. The quantitative estimate of drug-likeness (QED) is 0.110. The second kappa shape index (κ2) is 12.9. The highest BCUT2D eigenvalue weighted by atomic mass is 16.2. The summed E-state index contributed by atoms with van der Waals surface area (Å²) in [4.78, 5) is 49.5. The van der Waals surface area contributed by atoms with Crippen LogP contribution in [-0.2, 0) is 0 Å². The highest BCUT2D eigenvalue weighted by Crippen LogP contribution is 2.17. The molecule has 8 N–H and O–H groups in total. The number of hydrogen-bond donors (Lipinski definition) is 7. The molecule has 0 radical (unpaired) electrons. The number of carbonyl (C=O) groups is 3. The van der Waals surface area contributed by atoms with Crippen molar-refractivity contribution in [1.29, 1.82) is 5.41 Å². The summed E-state index contributed by atoms with van der Waals surface area (Å²) in [6.45, 7) is 0.232. The summed E-state index contributed by atoms with van der Waals surface area (Å²) < 4.78 is 0. The van der Waals surface area contributed by atoms with Gasteiger partial charge in [-0.1, -0.05) is 18.2 Å². The summed E-state index contributed by atoms with van der Waals surface area (Å²) in [5.74, 6) is -1.23. The molecule has 4 rings (SSSR count). The Hall–Kier alpha value is -5.65. The molecule has 0 saturated heterocycles. The van der Waals surface area contributed by atoms with Gasteiger partial charge in [0.2, 0.25) is 0 Å². The van der Waals surface area contributed by atoms with E-state index in [1.807, 2.05) is 55.4 Å². The van der Waals surface area contributed by atoms with Gasteiger partial charge in [-0.2, -0.15) is 0 Å². The first-order chi connectivity index (χ1) is 19.7. The van der Waals surface area contributed by atoms with Crippen molar-refractivity contribution < 1.29 is 14.4 Å². The van der Waals surface area contributed by atoms with Crippen LogP contribution in [0.5, 0.6) is 0 Å². The van der Waals surface area contributed by atoms with Gasteiger partial charge in [-0.25, -0.2) is 0 Å². The smallest absolute Gasteiger partial charge is 0.272 e. The van der Waals surface area contributed by atoms with Gasteiger partial charge in [0.05, 0.1) is 28.5 Å². The number of benzene rings is 1.